The van der Waals surface area contributed by atoms with Gasteiger partial charge in [0.25, 0.3) is 0 Å². The number of fused-ring (bicyclic) bond motifs is 1. The summed E-state index contributed by atoms with van der Waals surface area (Å²) in [4.78, 5) is 11.8. The van der Waals surface area contributed by atoms with Crippen LogP contribution in [0.1, 0.15) is 51.9 Å². The van der Waals surface area contributed by atoms with Crippen molar-refractivity contribution >= 4 is 5.78 Å². The zero-order valence-corrected chi connectivity index (χ0v) is 8.59. The van der Waals surface area contributed by atoms with Gasteiger partial charge < -0.3 is 0 Å². The highest BCUT2D eigenvalue weighted by atomic mass is 16.1. The number of carbonyl (C=O) groups excluding carboxylic acids is 1. The van der Waals surface area contributed by atoms with Crippen molar-refractivity contribution in [3.05, 3.63) is 0 Å². The van der Waals surface area contributed by atoms with Crippen LogP contribution in [0.3, 0.4) is 0 Å². The standard InChI is InChI=1S/C12H20O/c1-2-9-7-10-5-3-4-6-12(13)11(10)8-9/h9-11H,2-8H2,1H3/t9-,10+,11+/m0/s1. The van der Waals surface area contributed by atoms with E-state index in [-0.39, 0.29) is 0 Å². The first-order chi connectivity index (χ1) is 6.31. The van der Waals surface area contributed by atoms with Gasteiger partial charge in [0, 0.05) is 12.3 Å². The Labute approximate surface area is 80.9 Å². The van der Waals surface area contributed by atoms with Gasteiger partial charge in [-0.1, -0.05) is 19.8 Å². The summed E-state index contributed by atoms with van der Waals surface area (Å²) in [5.41, 5.74) is 0. The lowest BCUT2D eigenvalue weighted by atomic mass is 9.91. The average Bonchev–Trinajstić information content (AvgIpc) is 2.48. The summed E-state index contributed by atoms with van der Waals surface area (Å²) in [5.74, 6) is 2.67. The van der Waals surface area contributed by atoms with Gasteiger partial charge in [-0.3, -0.25) is 4.79 Å². The molecule has 0 unspecified atom stereocenters. The first kappa shape index (κ1) is 9.23. The van der Waals surface area contributed by atoms with Gasteiger partial charge in [0.1, 0.15) is 5.78 Å². The van der Waals surface area contributed by atoms with Crippen LogP contribution in [-0.4, -0.2) is 5.78 Å². The van der Waals surface area contributed by atoms with Gasteiger partial charge in [-0.2, -0.15) is 0 Å². The van der Waals surface area contributed by atoms with E-state index in [0.29, 0.717) is 11.7 Å². The lowest BCUT2D eigenvalue weighted by molar-refractivity contribution is -0.123. The van der Waals surface area contributed by atoms with E-state index < -0.39 is 0 Å². The van der Waals surface area contributed by atoms with Crippen LogP contribution in [-0.2, 0) is 4.79 Å². The van der Waals surface area contributed by atoms with E-state index in [2.05, 4.69) is 6.92 Å². The largest absolute Gasteiger partial charge is 0.299 e. The molecule has 0 spiro atoms. The summed E-state index contributed by atoms with van der Waals surface area (Å²) >= 11 is 0. The predicted molar refractivity (Wildman–Crippen MR) is 53.5 cm³/mol. The molecule has 0 aromatic heterocycles. The molecule has 2 rings (SSSR count). The van der Waals surface area contributed by atoms with Gasteiger partial charge in [0.15, 0.2) is 0 Å². The van der Waals surface area contributed by atoms with Crippen LogP contribution in [0, 0.1) is 17.8 Å². The number of carbonyl (C=O) groups is 1. The van der Waals surface area contributed by atoms with E-state index in [1.54, 1.807) is 0 Å². The van der Waals surface area contributed by atoms with E-state index in [4.69, 9.17) is 0 Å². The molecular weight excluding hydrogens is 160 g/mol. The highest BCUT2D eigenvalue weighted by Gasteiger charge is 2.38. The molecule has 1 nitrogen and oxygen atoms in total. The Kier molecular flexibility index (Phi) is 2.71. The molecule has 0 aliphatic heterocycles. The van der Waals surface area contributed by atoms with Crippen molar-refractivity contribution in [2.75, 3.05) is 0 Å². The summed E-state index contributed by atoms with van der Waals surface area (Å²) in [6.07, 6.45) is 8.48. The number of Topliss-reactive ketones (excluding diaryl/α,β-unsaturated/α-hetero) is 1. The molecule has 2 aliphatic carbocycles. The fourth-order valence-electron chi connectivity index (χ4n) is 3.18. The Balaban J connectivity index is 2.05. The van der Waals surface area contributed by atoms with E-state index in [9.17, 15) is 4.79 Å². The number of hydrogen-bond acceptors (Lipinski definition) is 1. The van der Waals surface area contributed by atoms with Crippen LogP contribution >= 0.6 is 0 Å². The average molecular weight is 180 g/mol. The normalized spacial score (nSPS) is 40.1. The molecular formula is C12H20O. The van der Waals surface area contributed by atoms with Crippen molar-refractivity contribution in [3.63, 3.8) is 0 Å². The monoisotopic (exact) mass is 180 g/mol. The fraction of sp³-hybridized carbons (Fsp3) is 0.917. The highest BCUT2D eigenvalue weighted by molar-refractivity contribution is 5.81. The summed E-state index contributed by atoms with van der Waals surface area (Å²) in [6.45, 7) is 2.26. The number of ketones is 1. The van der Waals surface area contributed by atoms with Crippen molar-refractivity contribution in [2.24, 2.45) is 17.8 Å². The van der Waals surface area contributed by atoms with E-state index >= 15 is 0 Å². The second-order valence-corrected chi connectivity index (χ2v) is 4.82. The third kappa shape index (κ3) is 1.79. The van der Waals surface area contributed by atoms with Crippen molar-refractivity contribution in [3.8, 4) is 0 Å². The van der Waals surface area contributed by atoms with Crippen LogP contribution in [0.2, 0.25) is 0 Å². The van der Waals surface area contributed by atoms with Crippen LogP contribution in [0.25, 0.3) is 0 Å². The molecule has 0 N–H and O–H groups in total. The first-order valence-corrected chi connectivity index (χ1v) is 5.84. The van der Waals surface area contributed by atoms with Crippen molar-refractivity contribution in [2.45, 2.75) is 51.9 Å². The first-order valence-electron chi connectivity index (χ1n) is 5.84. The zero-order chi connectivity index (χ0) is 9.26. The molecule has 2 aliphatic rings. The second kappa shape index (κ2) is 3.81. The molecule has 0 heterocycles. The molecule has 13 heavy (non-hydrogen) atoms. The summed E-state index contributed by atoms with van der Waals surface area (Å²) in [6, 6.07) is 0. The van der Waals surface area contributed by atoms with Gasteiger partial charge in [0.05, 0.1) is 0 Å². The third-order valence-corrected chi connectivity index (χ3v) is 4.03. The molecule has 0 bridgehead atoms. The molecule has 0 saturated heterocycles. The van der Waals surface area contributed by atoms with Crippen molar-refractivity contribution in [1.29, 1.82) is 0 Å². The smallest absolute Gasteiger partial charge is 0.136 e. The molecule has 74 valence electrons. The molecule has 2 fully saturated rings. The minimum Gasteiger partial charge on any atom is -0.299 e. The van der Waals surface area contributed by atoms with E-state index in [1.165, 1.54) is 32.1 Å². The minimum absolute atomic E-state index is 0.465. The Morgan fingerprint density at radius 1 is 1.31 bits per heavy atom. The Morgan fingerprint density at radius 2 is 2.15 bits per heavy atom. The maximum atomic E-state index is 11.8. The van der Waals surface area contributed by atoms with Gasteiger partial charge in [-0.25, -0.2) is 0 Å². The van der Waals surface area contributed by atoms with Crippen molar-refractivity contribution < 1.29 is 4.79 Å². The van der Waals surface area contributed by atoms with Crippen LogP contribution in [0.4, 0.5) is 0 Å². The molecule has 3 atom stereocenters. The second-order valence-electron chi connectivity index (χ2n) is 4.82. The SMILES string of the molecule is CC[C@H]1C[C@H]2CCCCC(=O)[C@@H]2C1. The maximum absolute atomic E-state index is 11.8. The molecule has 0 aromatic rings. The highest BCUT2D eigenvalue weighted by Crippen LogP contribution is 2.43. The number of hydrogen-bond donors (Lipinski definition) is 0. The van der Waals surface area contributed by atoms with Crippen LogP contribution in [0.15, 0.2) is 0 Å². The third-order valence-electron chi connectivity index (χ3n) is 4.03. The molecule has 0 radical (unpaired) electrons. The lowest BCUT2D eigenvalue weighted by Gasteiger charge is -2.13. The van der Waals surface area contributed by atoms with E-state index in [0.717, 1.165) is 24.7 Å². The van der Waals surface area contributed by atoms with Gasteiger partial charge >= 0.3 is 0 Å². The molecule has 2 saturated carbocycles. The fourth-order valence-corrected chi connectivity index (χ4v) is 3.18. The minimum atomic E-state index is 0.465. The van der Waals surface area contributed by atoms with Crippen LogP contribution < -0.4 is 0 Å². The summed E-state index contributed by atoms with van der Waals surface area (Å²) in [5, 5.41) is 0. The van der Waals surface area contributed by atoms with Gasteiger partial charge in [-0.15, -0.1) is 0 Å². The zero-order valence-electron chi connectivity index (χ0n) is 8.59. The summed E-state index contributed by atoms with van der Waals surface area (Å²) < 4.78 is 0. The quantitative estimate of drug-likeness (QED) is 0.605. The predicted octanol–water partition coefficient (Wildman–Crippen LogP) is 3.18. The molecule has 1 heteroatoms. The van der Waals surface area contributed by atoms with Crippen LogP contribution in [0.5, 0.6) is 0 Å². The van der Waals surface area contributed by atoms with Gasteiger partial charge in [0.2, 0.25) is 0 Å². The summed E-state index contributed by atoms with van der Waals surface area (Å²) in [7, 11) is 0. The lowest BCUT2D eigenvalue weighted by Crippen LogP contribution is -2.15. The number of rotatable bonds is 1. The van der Waals surface area contributed by atoms with E-state index in [1.807, 2.05) is 0 Å². The topological polar surface area (TPSA) is 17.1 Å². The molecule has 0 amide bonds. The Hall–Kier alpha value is -0.330. The Morgan fingerprint density at radius 3 is 2.92 bits per heavy atom. The van der Waals surface area contributed by atoms with Gasteiger partial charge in [-0.05, 0) is 37.5 Å². The van der Waals surface area contributed by atoms with Crippen molar-refractivity contribution in [1.82, 2.24) is 0 Å². The Bertz CT molecular complexity index is 197. The molecule has 0 aromatic carbocycles. The maximum Gasteiger partial charge on any atom is 0.136 e.